The molecule has 1 aliphatic rings. The molecule has 0 fully saturated rings. The third-order valence-corrected chi connectivity index (χ3v) is 3.57. The number of rotatable bonds is 1. The smallest absolute Gasteiger partial charge is 0.0305 e. The summed E-state index contributed by atoms with van der Waals surface area (Å²) < 4.78 is 2.45. The molecule has 1 atom stereocenters. The van der Waals surface area contributed by atoms with E-state index in [-0.39, 0.29) is 0 Å². The molecule has 0 spiro atoms. The van der Waals surface area contributed by atoms with Crippen molar-refractivity contribution in [3.05, 3.63) is 48.3 Å². The monoisotopic (exact) mass is 211 g/mol. The minimum Gasteiger partial charge on any atom is -0.348 e. The molecule has 0 N–H and O–H groups in total. The second kappa shape index (κ2) is 3.82. The van der Waals surface area contributed by atoms with Crippen molar-refractivity contribution in [2.45, 2.75) is 32.2 Å². The highest BCUT2D eigenvalue weighted by molar-refractivity contribution is 5.63. The van der Waals surface area contributed by atoms with Crippen molar-refractivity contribution in [2.75, 3.05) is 0 Å². The third-order valence-electron chi connectivity index (χ3n) is 3.57. The highest BCUT2D eigenvalue weighted by atomic mass is 15.0. The fraction of sp³-hybridized carbons (Fsp3) is 0.333. The first-order chi connectivity index (χ1) is 7.84. The van der Waals surface area contributed by atoms with Gasteiger partial charge in [-0.1, -0.05) is 30.3 Å². The highest BCUT2D eigenvalue weighted by Crippen LogP contribution is 2.30. The van der Waals surface area contributed by atoms with Crippen LogP contribution in [-0.2, 0) is 6.42 Å². The van der Waals surface area contributed by atoms with E-state index in [0.717, 1.165) is 0 Å². The van der Waals surface area contributed by atoms with E-state index in [1.165, 1.54) is 36.1 Å². The zero-order valence-corrected chi connectivity index (χ0v) is 9.69. The van der Waals surface area contributed by atoms with E-state index in [1.54, 1.807) is 0 Å². The van der Waals surface area contributed by atoms with Gasteiger partial charge in [-0.05, 0) is 43.4 Å². The number of aryl methyl sites for hydroxylation is 1. The van der Waals surface area contributed by atoms with E-state index in [4.69, 9.17) is 0 Å². The lowest BCUT2D eigenvalue weighted by molar-refractivity contribution is 0.433. The van der Waals surface area contributed by atoms with Crippen LogP contribution in [0, 0.1) is 0 Å². The maximum Gasteiger partial charge on any atom is 0.0305 e. The van der Waals surface area contributed by atoms with Crippen LogP contribution in [0.2, 0.25) is 0 Å². The summed E-state index contributed by atoms with van der Waals surface area (Å²) in [5.41, 5.74) is 4.19. The Balaban J connectivity index is 2.05. The molecular weight excluding hydrogens is 194 g/mol. The molecule has 0 aliphatic carbocycles. The Morgan fingerprint density at radius 2 is 1.94 bits per heavy atom. The van der Waals surface area contributed by atoms with Gasteiger partial charge >= 0.3 is 0 Å². The van der Waals surface area contributed by atoms with Crippen LogP contribution in [0.25, 0.3) is 11.1 Å². The van der Waals surface area contributed by atoms with Gasteiger partial charge in [-0.25, -0.2) is 0 Å². The molecule has 82 valence electrons. The van der Waals surface area contributed by atoms with E-state index in [1.807, 2.05) is 0 Å². The molecule has 1 nitrogen and oxygen atoms in total. The number of hydrogen-bond donors (Lipinski definition) is 0. The van der Waals surface area contributed by atoms with Crippen LogP contribution >= 0.6 is 0 Å². The van der Waals surface area contributed by atoms with Crippen molar-refractivity contribution >= 4 is 0 Å². The lowest BCUT2D eigenvalue weighted by Crippen LogP contribution is -2.13. The predicted molar refractivity (Wildman–Crippen MR) is 67.5 cm³/mol. The minimum atomic E-state index is 0.668. The van der Waals surface area contributed by atoms with E-state index < -0.39 is 0 Å². The normalized spacial score (nSPS) is 19.4. The van der Waals surface area contributed by atoms with E-state index >= 15 is 0 Å². The molecular formula is C15H17N. The summed E-state index contributed by atoms with van der Waals surface area (Å²) in [5, 5.41) is 0. The van der Waals surface area contributed by atoms with Gasteiger partial charge in [0.2, 0.25) is 0 Å². The van der Waals surface area contributed by atoms with Crippen molar-refractivity contribution in [3.63, 3.8) is 0 Å². The fourth-order valence-electron chi connectivity index (χ4n) is 2.64. The Bertz CT molecular complexity index is 481. The van der Waals surface area contributed by atoms with Gasteiger partial charge in [0.05, 0.1) is 0 Å². The first-order valence-electron chi connectivity index (χ1n) is 6.11. The van der Waals surface area contributed by atoms with Crippen LogP contribution in [-0.4, -0.2) is 4.57 Å². The van der Waals surface area contributed by atoms with Gasteiger partial charge in [-0.3, -0.25) is 0 Å². The van der Waals surface area contributed by atoms with Gasteiger partial charge < -0.3 is 4.57 Å². The standard InChI is InChI=1S/C15H17N/c1-12-6-5-9-15-10-14(11-16(12)15)13-7-3-2-4-8-13/h2-4,7-8,10-12H,5-6,9H2,1H3/t12-/m1/s1. The number of fused-ring (bicyclic) bond motifs is 1. The minimum absolute atomic E-state index is 0.668. The van der Waals surface area contributed by atoms with Crippen LogP contribution < -0.4 is 0 Å². The maximum absolute atomic E-state index is 2.45. The molecule has 0 saturated carbocycles. The second-order valence-electron chi connectivity index (χ2n) is 4.73. The molecule has 16 heavy (non-hydrogen) atoms. The molecule has 2 aromatic rings. The van der Waals surface area contributed by atoms with Gasteiger partial charge in [0.15, 0.2) is 0 Å². The number of benzene rings is 1. The van der Waals surface area contributed by atoms with Crippen LogP contribution in [0.1, 0.15) is 31.5 Å². The molecule has 0 saturated heterocycles. The van der Waals surface area contributed by atoms with Crippen molar-refractivity contribution in [2.24, 2.45) is 0 Å². The fourth-order valence-corrected chi connectivity index (χ4v) is 2.64. The summed E-state index contributed by atoms with van der Waals surface area (Å²) in [4.78, 5) is 0. The molecule has 1 aromatic heterocycles. The summed E-state index contributed by atoms with van der Waals surface area (Å²) in [6.07, 6.45) is 6.20. The van der Waals surface area contributed by atoms with Gasteiger partial charge in [0.1, 0.15) is 0 Å². The summed E-state index contributed by atoms with van der Waals surface area (Å²) in [5.74, 6) is 0. The lowest BCUT2D eigenvalue weighted by Gasteiger charge is -2.22. The van der Waals surface area contributed by atoms with Crippen LogP contribution in [0.4, 0.5) is 0 Å². The van der Waals surface area contributed by atoms with Crippen molar-refractivity contribution in [1.82, 2.24) is 4.57 Å². The predicted octanol–water partition coefficient (Wildman–Crippen LogP) is 4.05. The van der Waals surface area contributed by atoms with E-state index in [9.17, 15) is 0 Å². The molecule has 0 unspecified atom stereocenters. The topological polar surface area (TPSA) is 4.93 Å². The second-order valence-corrected chi connectivity index (χ2v) is 4.73. The summed E-state index contributed by atoms with van der Waals surface area (Å²) in [6, 6.07) is 13.7. The van der Waals surface area contributed by atoms with Crippen molar-refractivity contribution in [1.29, 1.82) is 0 Å². The Morgan fingerprint density at radius 1 is 1.12 bits per heavy atom. The molecule has 2 heterocycles. The number of hydrogen-bond acceptors (Lipinski definition) is 0. The molecule has 1 aromatic carbocycles. The Morgan fingerprint density at radius 3 is 2.69 bits per heavy atom. The van der Waals surface area contributed by atoms with Gasteiger partial charge in [0.25, 0.3) is 0 Å². The Kier molecular flexibility index (Phi) is 2.32. The van der Waals surface area contributed by atoms with Gasteiger partial charge in [0, 0.05) is 17.9 Å². The van der Waals surface area contributed by atoms with E-state index in [0.29, 0.717) is 6.04 Å². The van der Waals surface area contributed by atoms with Crippen LogP contribution in [0.5, 0.6) is 0 Å². The zero-order valence-electron chi connectivity index (χ0n) is 9.69. The van der Waals surface area contributed by atoms with Crippen molar-refractivity contribution in [3.8, 4) is 11.1 Å². The highest BCUT2D eigenvalue weighted by Gasteiger charge is 2.16. The molecule has 0 bridgehead atoms. The van der Waals surface area contributed by atoms with Crippen molar-refractivity contribution < 1.29 is 0 Å². The zero-order chi connectivity index (χ0) is 11.0. The largest absolute Gasteiger partial charge is 0.348 e. The van der Waals surface area contributed by atoms with Crippen LogP contribution in [0.15, 0.2) is 42.6 Å². The molecule has 0 radical (unpaired) electrons. The molecule has 1 heteroatoms. The first kappa shape index (κ1) is 9.71. The summed E-state index contributed by atoms with van der Waals surface area (Å²) in [7, 11) is 0. The average molecular weight is 211 g/mol. The Hall–Kier alpha value is -1.50. The quantitative estimate of drug-likeness (QED) is 0.670. The first-order valence-corrected chi connectivity index (χ1v) is 6.11. The Labute approximate surface area is 96.7 Å². The molecule has 3 rings (SSSR count). The van der Waals surface area contributed by atoms with E-state index in [2.05, 4.69) is 54.1 Å². The van der Waals surface area contributed by atoms with Gasteiger partial charge in [-0.2, -0.15) is 0 Å². The molecule has 0 amide bonds. The average Bonchev–Trinajstić information content (AvgIpc) is 2.76. The molecule has 1 aliphatic heterocycles. The lowest BCUT2D eigenvalue weighted by atomic mass is 10.0. The summed E-state index contributed by atoms with van der Waals surface area (Å²) in [6.45, 7) is 2.32. The summed E-state index contributed by atoms with van der Waals surface area (Å²) >= 11 is 0. The number of nitrogens with zero attached hydrogens (tertiary/aromatic N) is 1. The maximum atomic E-state index is 2.45. The van der Waals surface area contributed by atoms with Crippen LogP contribution in [0.3, 0.4) is 0 Å². The number of aromatic nitrogens is 1. The third kappa shape index (κ3) is 1.57. The SMILES string of the molecule is C[C@@H]1CCCc2cc(-c3ccccc3)cn21. The van der Waals surface area contributed by atoms with Gasteiger partial charge in [-0.15, -0.1) is 0 Å².